The normalized spacial score (nSPS) is 14.3. The van der Waals surface area contributed by atoms with Crippen LogP contribution in [0.25, 0.3) is 0 Å². The van der Waals surface area contributed by atoms with Gasteiger partial charge in [-0.05, 0) is 68.6 Å². The number of hydrogen-bond donors (Lipinski definition) is 3. The van der Waals surface area contributed by atoms with Crippen molar-refractivity contribution in [3.8, 4) is 0 Å². The second kappa shape index (κ2) is 15.6. The summed E-state index contributed by atoms with van der Waals surface area (Å²) in [4.78, 5) is 25.4. The molecule has 0 saturated carbocycles. The number of nitrogens with zero attached hydrogens (tertiary/aromatic N) is 1. The minimum atomic E-state index is -0.955. The average Bonchev–Trinajstić information content (AvgIpc) is 2.92. The number of benzene rings is 2. The Morgan fingerprint density at radius 3 is 1.66 bits per heavy atom. The molecule has 0 heterocycles. The van der Waals surface area contributed by atoms with Crippen LogP contribution in [0.1, 0.15) is 129 Å². The Balaban J connectivity index is 2.39. The molecule has 2 aromatic carbocycles. The van der Waals surface area contributed by atoms with Gasteiger partial charge in [-0.25, -0.2) is 0 Å². The lowest BCUT2D eigenvalue weighted by molar-refractivity contribution is -0.141. The first-order chi connectivity index (χ1) is 20.2. The van der Waals surface area contributed by atoms with Crippen molar-refractivity contribution in [1.29, 1.82) is 0 Å². The van der Waals surface area contributed by atoms with Crippen molar-refractivity contribution in [2.45, 2.75) is 119 Å². The van der Waals surface area contributed by atoms with E-state index in [0.717, 1.165) is 24.2 Å². The monoisotopic (exact) mass is 641 g/mol. The van der Waals surface area contributed by atoms with Crippen LogP contribution in [0.3, 0.4) is 0 Å². The van der Waals surface area contributed by atoms with Crippen molar-refractivity contribution in [3.05, 3.63) is 70.8 Å². The van der Waals surface area contributed by atoms with Crippen LogP contribution in [0.4, 0.5) is 0 Å². The van der Waals surface area contributed by atoms with Crippen LogP contribution in [-0.2, 0) is 21.9 Å². The Kier molecular flexibility index (Phi) is 13.5. The van der Waals surface area contributed by atoms with Crippen LogP contribution >= 0.6 is 25.3 Å². The maximum Gasteiger partial charge on any atom is 0.303 e. The fourth-order valence-corrected chi connectivity index (χ4v) is 6.74. The van der Waals surface area contributed by atoms with E-state index in [1.54, 1.807) is 4.90 Å². The molecule has 1 N–H and O–H groups in total. The largest absolute Gasteiger partial charge is 0.481 e. The zero-order valence-corrected chi connectivity index (χ0v) is 30.8. The highest BCUT2D eigenvalue weighted by atomic mass is 32.1. The van der Waals surface area contributed by atoms with Gasteiger partial charge in [0.1, 0.15) is 0 Å². The summed E-state index contributed by atoms with van der Waals surface area (Å²) in [5, 5.41) is 9.01. The first kappa shape index (κ1) is 38.3. The third kappa shape index (κ3) is 10.9. The summed E-state index contributed by atoms with van der Waals surface area (Å²) in [6, 6.07) is 17.8. The molecule has 246 valence electrons. The van der Waals surface area contributed by atoms with Crippen molar-refractivity contribution < 1.29 is 14.7 Å². The molecule has 0 aliphatic carbocycles. The Bertz CT molecular complexity index is 1200. The quantitative estimate of drug-likeness (QED) is 0.170. The summed E-state index contributed by atoms with van der Waals surface area (Å²) >= 11 is 8.81. The van der Waals surface area contributed by atoms with E-state index in [2.05, 4.69) is 143 Å². The third-order valence-corrected chi connectivity index (χ3v) is 10.4. The van der Waals surface area contributed by atoms with Gasteiger partial charge in [0.2, 0.25) is 5.91 Å². The standard InChI is InChI=1S/C38H59NO3S2/c1-35(2,3)23-32(30-17-13-28(26-44)14-18-30)38(9,10)37(7,8)24-31(36(4,5)6)29-15-11-27(12-16-29)25-39(21-22-43)33(40)19-20-34(41)42/h11-18,31-32,43-44H,19-26H2,1-10H3,(H,41,42). The fraction of sp³-hybridized carbons (Fsp3) is 0.632. The van der Waals surface area contributed by atoms with E-state index in [1.165, 1.54) is 16.7 Å². The molecular formula is C38H59NO3S2. The number of carboxylic acid groups (broad SMARTS) is 1. The van der Waals surface area contributed by atoms with Crippen LogP contribution in [0, 0.1) is 21.7 Å². The lowest BCUT2D eigenvalue weighted by Crippen LogP contribution is -2.41. The van der Waals surface area contributed by atoms with Gasteiger partial charge in [0.15, 0.2) is 0 Å². The zero-order valence-electron chi connectivity index (χ0n) is 29.0. The number of thiol groups is 2. The first-order valence-electron chi connectivity index (χ1n) is 16.1. The number of carboxylic acids is 1. The number of aliphatic carboxylic acids is 1. The van der Waals surface area contributed by atoms with Crippen molar-refractivity contribution >= 4 is 37.1 Å². The molecule has 0 aliphatic rings. The average molecular weight is 642 g/mol. The van der Waals surface area contributed by atoms with Gasteiger partial charge in [-0.2, -0.15) is 25.3 Å². The van der Waals surface area contributed by atoms with Crippen LogP contribution in [0.5, 0.6) is 0 Å². The van der Waals surface area contributed by atoms with E-state index >= 15 is 0 Å². The maximum absolute atomic E-state index is 12.7. The summed E-state index contributed by atoms with van der Waals surface area (Å²) in [7, 11) is 0. The van der Waals surface area contributed by atoms with Crippen LogP contribution in [-0.4, -0.2) is 34.2 Å². The van der Waals surface area contributed by atoms with Gasteiger partial charge < -0.3 is 10.0 Å². The van der Waals surface area contributed by atoms with Gasteiger partial charge in [0.25, 0.3) is 0 Å². The van der Waals surface area contributed by atoms with E-state index in [1.807, 2.05) is 0 Å². The predicted octanol–water partition coefficient (Wildman–Crippen LogP) is 10.0. The molecule has 0 aromatic heterocycles. The van der Waals surface area contributed by atoms with Crippen molar-refractivity contribution in [3.63, 3.8) is 0 Å². The van der Waals surface area contributed by atoms with Gasteiger partial charge >= 0.3 is 5.97 Å². The van der Waals surface area contributed by atoms with Crippen LogP contribution in [0.2, 0.25) is 0 Å². The van der Waals surface area contributed by atoms with E-state index in [9.17, 15) is 9.59 Å². The third-order valence-electron chi connectivity index (χ3n) is 9.79. The molecule has 2 rings (SSSR count). The molecule has 0 aliphatic heterocycles. The van der Waals surface area contributed by atoms with E-state index in [-0.39, 0.29) is 40.4 Å². The smallest absolute Gasteiger partial charge is 0.303 e. The molecule has 44 heavy (non-hydrogen) atoms. The molecule has 2 aromatic rings. The highest BCUT2D eigenvalue weighted by Gasteiger charge is 2.47. The summed E-state index contributed by atoms with van der Waals surface area (Å²) in [5.74, 6) is 0.906. The van der Waals surface area contributed by atoms with E-state index < -0.39 is 5.97 Å². The van der Waals surface area contributed by atoms with Gasteiger partial charge in [-0.15, -0.1) is 0 Å². The van der Waals surface area contributed by atoms with E-state index in [4.69, 9.17) is 5.11 Å². The summed E-state index contributed by atoms with van der Waals surface area (Å²) in [5.41, 5.74) is 5.28. The number of amides is 1. The van der Waals surface area contributed by atoms with Crippen molar-refractivity contribution in [1.82, 2.24) is 4.90 Å². The Hall–Kier alpha value is -1.92. The molecular weight excluding hydrogens is 583 g/mol. The maximum atomic E-state index is 12.7. The number of rotatable bonds is 15. The number of carbonyl (C=O) groups excluding carboxylic acids is 1. The zero-order chi connectivity index (χ0) is 33.5. The minimum Gasteiger partial charge on any atom is -0.481 e. The minimum absolute atomic E-state index is 0.00764. The number of carbonyl (C=O) groups is 2. The van der Waals surface area contributed by atoms with Crippen molar-refractivity contribution in [2.24, 2.45) is 21.7 Å². The second-order valence-electron chi connectivity index (χ2n) is 16.1. The number of hydrogen-bond acceptors (Lipinski definition) is 4. The predicted molar refractivity (Wildman–Crippen MR) is 193 cm³/mol. The van der Waals surface area contributed by atoms with Gasteiger partial charge in [0, 0.05) is 31.0 Å². The van der Waals surface area contributed by atoms with Gasteiger partial charge in [-0.3, -0.25) is 9.59 Å². The van der Waals surface area contributed by atoms with Gasteiger partial charge in [-0.1, -0.05) is 118 Å². The summed E-state index contributed by atoms with van der Waals surface area (Å²) in [6.07, 6.45) is 2.00. The SMILES string of the molecule is CC(C)(C)CC(c1ccc(CS)cc1)C(C)(C)C(C)(C)CC(c1ccc(CN(CCS)C(=O)CCC(=O)O)cc1)C(C)(C)C. The molecule has 0 saturated heterocycles. The molecule has 0 fully saturated rings. The highest BCUT2D eigenvalue weighted by molar-refractivity contribution is 7.80. The topological polar surface area (TPSA) is 57.6 Å². The first-order valence-corrected chi connectivity index (χ1v) is 17.4. The van der Waals surface area contributed by atoms with Crippen LogP contribution < -0.4 is 0 Å². The fourth-order valence-electron chi connectivity index (χ4n) is 6.29. The molecule has 2 unspecified atom stereocenters. The molecule has 1 amide bonds. The lowest BCUT2D eigenvalue weighted by atomic mass is 9.53. The van der Waals surface area contributed by atoms with Crippen molar-refractivity contribution in [2.75, 3.05) is 12.3 Å². The Labute approximate surface area is 279 Å². The molecule has 6 heteroatoms. The second-order valence-corrected chi connectivity index (χ2v) is 16.9. The van der Waals surface area contributed by atoms with Gasteiger partial charge in [0.05, 0.1) is 6.42 Å². The Morgan fingerprint density at radius 2 is 1.23 bits per heavy atom. The van der Waals surface area contributed by atoms with E-state index in [0.29, 0.717) is 30.7 Å². The Morgan fingerprint density at radius 1 is 0.727 bits per heavy atom. The molecule has 0 spiro atoms. The summed E-state index contributed by atoms with van der Waals surface area (Å²) < 4.78 is 0. The lowest BCUT2D eigenvalue weighted by Gasteiger charge is -2.51. The molecule has 4 nitrogen and oxygen atoms in total. The van der Waals surface area contributed by atoms with Crippen LogP contribution in [0.15, 0.2) is 48.5 Å². The molecule has 2 atom stereocenters. The molecule has 0 radical (unpaired) electrons. The molecule has 0 bridgehead atoms. The highest BCUT2D eigenvalue weighted by Crippen LogP contribution is 2.57. The summed E-state index contributed by atoms with van der Waals surface area (Å²) in [6.45, 7) is 24.9.